The van der Waals surface area contributed by atoms with Crippen LogP contribution in [0.4, 0.5) is 0 Å². The summed E-state index contributed by atoms with van der Waals surface area (Å²) in [5.74, 6) is 1.39. The van der Waals surface area contributed by atoms with Gasteiger partial charge in [-0.1, -0.05) is 11.6 Å². The van der Waals surface area contributed by atoms with Crippen molar-refractivity contribution in [1.29, 1.82) is 0 Å². The number of hydrogen-bond acceptors (Lipinski definition) is 4. The van der Waals surface area contributed by atoms with Crippen LogP contribution in [0.1, 0.15) is 18.2 Å². The van der Waals surface area contributed by atoms with E-state index >= 15 is 0 Å². The number of nitrogens with zero attached hydrogens (tertiary/aromatic N) is 1. The van der Waals surface area contributed by atoms with Crippen LogP contribution in [-0.4, -0.2) is 40.4 Å². The Kier molecular flexibility index (Phi) is 4.59. The molecule has 1 unspecified atom stereocenters. The molecule has 100 valence electrons. The molecule has 1 saturated heterocycles. The number of thiophene rings is 1. The molecule has 3 nitrogen and oxygen atoms in total. The Balaban J connectivity index is 1.72. The molecule has 18 heavy (non-hydrogen) atoms. The van der Waals surface area contributed by atoms with E-state index in [0.717, 1.165) is 10.1 Å². The third kappa shape index (κ3) is 3.88. The Morgan fingerprint density at radius 3 is 3.00 bits per heavy atom. The predicted molar refractivity (Wildman–Crippen MR) is 77.3 cm³/mol. The van der Waals surface area contributed by atoms with Crippen LogP contribution in [0.2, 0.25) is 4.34 Å². The molecule has 1 aliphatic rings. The summed E-state index contributed by atoms with van der Waals surface area (Å²) in [6.07, 6.45) is 0.671. The van der Waals surface area contributed by atoms with E-state index in [1.807, 2.05) is 12.1 Å². The molecule has 2 heterocycles. The van der Waals surface area contributed by atoms with Gasteiger partial charge < -0.3 is 10.0 Å². The Hall–Kier alpha value is -0.230. The minimum Gasteiger partial charge on any atom is -0.388 e. The maximum Gasteiger partial charge on any atom is 0.232 e. The van der Waals surface area contributed by atoms with Gasteiger partial charge in [-0.3, -0.25) is 4.79 Å². The van der Waals surface area contributed by atoms with Crippen molar-refractivity contribution in [2.24, 2.45) is 0 Å². The zero-order valence-electron chi connectivity index (χ0n) is 10.2. The highest BCUT2D eigenvalue weighted by Crippen LogP contribution is 2.26. The van der Waals surface area contributed by atoms with Crippen LogP contribution >= 0.6 is 34.7 Å². The van der Waals surface area contributed by atoms with Crippen molar-refractivity contribution >= 4 is 40.6 Å². The molecule has 1 aromatic heterocycles. The Morgan fingerprint density at radius 2 is 2.44 bits per heavy atom. The van der Waals surface area contributed by atoms with Gasteiger partial charge in [0.15, 0.2) is 0 Å². The molecule has 0 saturated carbocycles. The zero-order valence-corrected chi connectivity index (χ0v) is 12.6. The largest absolute Gasteiger partial charge is 0.388 e. The van der Waals surface area contributed by atoms with E-state index in [-0.39, 0.29) is 5.91 Å². The van der Waals surface area contributed by atoms with E-state index in [4.69, 9.17) is 11.6 Å². The lowest BCUT2D eigenvalue weighted by Gasteiger charge is -2.18. The van der Waals surface area contributed by atoms with Gasteiger partial charge in [0.2, 0.25) is 5.91 Å². The molecule has 0 aliphatic carbocycles. The van der Waals surface area contributed by atoms with Crippen molar-refractivity contribution in [2.45, 2.75) is 24.7 Å². The van der Waals surface area contributed by atoms with Crippen LogP contribution in [0.15, 0.2) is 12.1 Å². The highest BCUT2D eigenvalue weighted by atomic mass is 35.5. The van der Waals surface area contributed by atoms with Gasteiger partial charge >= 0.3 is 0 Å². The molecule has 1 aliphatic heterocycles. The Morgan fingerprint density at radius 1 is 1.67 bits per heavy atom. The standard InChI is InChI=1S/C12H16ClNO2S2/c1-12(16)4-5-14(8-12)11(15)7-17-6-9-2-3-10(13)18-9/h2-3,16H,4-8H2,1H3. The number of carbonyl (C=O) groups is 1. The topological polar surface area (TPSA) is 40.5 Å². The van der Waals surface area contributed by atoms with Gasteiger partial charge in [0.25, 0.3) is 0 Å². The van der Waals surface area contributed by atoms with Crippen LogP contribution in [-0.2, 0) is 10.5 Å². The molecule has 1 fully saturated rings. The number of aliphatic hydroxyl groups is 1. The molecule has 0 aromatic carbocycles. The smallest absolute Gasteiger partial charge is 0.232 e. The second-order valence-corrected chi connectivity index (χ2v) is 7.55. The number of amides is 1. The molecule has 0 spiro atoms. The highest BCUT2D eigenvalue weighted by molar-refractivity contribution is 7.99. The zero-order chi connectivity index (χ0) is 13.2. The van der Waals surface area contributed by atoms with Crippen molar-refractivity contribution in [3.05, 3.63) is 21.3 Å². The van der Waals surface area contributed by atoms with Crippen LogP contribution in [0.25, 0.3) is 0 Å². The van der Waals surface area contributed by atoms with Gasteiger partial charge in [0, 0.05) is 23.7 Å². The summed E-state index contributed by atoms with van der Waals surface area (Å²) in [5.41, 5.74) is -0.707. The first kappa shape index (κ1) is 14.2. The molecular formula is C12H16ClNO2S2. The van der Waals surface area contributed by atoms with Crippen molar-refractivity contribution in [1.82, 2.24) is 4.90 Å². The maximum atomic E-state index is 11.9. The lowest BCUT2D eigenvalue weighted by Crippen LogP contribution is -2.34. The number of hydrogen-bond donors (Lipinski definition) is 1. The van der Waals surface area contributed by atoms with Gasteiger partial charge in [0.1, 0.15) is 0 Å². The van der Waals surface area contributed by atoms with E-state index in [1.54, 1.807) is 34.9 Å². The van der Waals surface area contributed by atoms with Crippen molar-refractivity contribution < 1.29 is 9.90 Å². The summed E-state index contributed by atoms with van der Waals surface area (Å²) in [7, 11) is 0. The van der Waals surface area contributed by atoms with E-state index in [0.29, 0.717) is 25.3 Å². The van der Waals surface area contributed by atoms with Crippen molar-refractivity contribution in [3.8, 4) is 0 Å². The molecule has 1 amide bonds. The van der Waals surface area contributed by atoms with Crippen molar-refractivity contribution in [2.75, 3.05) is 18.8 Å². The third-order valence-electron chi connectivity index (χ3n) is 2.90. The van der Waals surface area contributed by atoms with Crippen LogP contribution in [0, 0.1) is 0 Å². The first-order chi connectivity index (χ1) is 8.46. The lowest BCUT2D eigenvalue weighted by molar-refractivity contribution is -0.128. The third-order valence-corrected chi connectivity index (χ3v) is 5.28. The maximum absolute atomic E-state index is 11.9. The van der Waals surface area contributed by atoms with Gasteiger partial charge in [-0.05, 0) is 25.5 Å². The number of thioether (sulfide) groups is 1. The molecular weight excluding hydrogens is 290 g/mol. The van der Waals surface area contributed by atoms with Crippen LogP contribution in [0.3, 0.4) is 0 Å². The van der Waals surface area contributed by atoms with Crippen molar-refractivity contribution in [3.63, 3.8) is 0 Å². The molecule has 0 radical (unpaired) electrons. The van der Waals surface area contributed by atoms with Gasteiger partial charge in [0.05, 0.1) is 15.7 Å². The van der Waals surface area contributed by atoms with E-state index in [9.17, 15) is 9.90 Å². The predicted octanol–water partition coefficient (Wildman–Crippen LogP) is 2.62. The molecule has 1 atom stereocenters. The number of carbonyl (C=O) groups excluding carboxylic acids is 1. The SMILES string of the molecule is CC1(O)CCN(C(=O)CSCc2ccc(Cl)s2)C1. The average molecular weight is 306 g/mol. The fourth-order valence-corrected chi connectivity index (χ4v) is 4.04. The molecule has 2 rings (SSSR count). The Bertz CT molecular complexity index is 433. The van der Waals surface area contributed by atoms with Crippen LogP contribution < -0.4 is 0 Å². The van der Waals surface area contributed by atoms with Gasteiger partial charge in [-0.25, -0.2) is 0 Å². The summed E-state index contributed by atoms with van der Waals surface area (Å²) in [6.45, 7) is 2.90. The number of likely N-dealkylation sites (tertiary alicyclic amines) is 1. The first-order valence-electron chi connectivity index (χ1n) is 5.78. The first-order valence-corrected chi connectivity index (χ1v) is 8.13. The van der Waals surface area contributed by atoms with E-state index < -0.39 is 5.60 Å². The fraction of sp³-hybridized carbons (Fsp3) is 0.583. The summed E-state index contributed by atoms with van der Waals surface area (Å²) in [4.78, 5) is 14.8. The van der Waals surface area contributed by atoms with Gasteiger partial charge in [-0.15, -0.1) is 23.1 Å². The lowest BCUT2D eigenvalue weighted by atomic mass is 10.1. The number of halogens is 1. The van der Waals surface area contributed by atoms with Gasteiger partial charge in [-0.2, -0.15) is 0 Å². The summed E-state index contributed by atoms with van der Waals surface area (Å²) < 4.78 is 0.785. The quantitative estimate of drug-likeness (QED) is 0.929. The summed E-state index contributed by atoms with van der Waals surface area (Å²) >= 11 is 8.99. The second kappa shape index (κ2) is 5.82. The average Bonchev–Trinajstić information content (AvgIpc) is 2.85. The minimum absolute atomic E-state index is 0.112. The monoisotopic (exact) mass is 305 g/mol. The normalized spacial score (nSPS) is 23.6. The summed E-state index contributed by atoms with van der Waals surface area (Å²) in [6, 6.07) is 3.87. The second-order valence-electron chi connectivity index (χ2n) is 4.76. The van der Waals surface area contributed by atoms with E-state index in [1.165, 1.54) is 4.88 Å². The number of rotatable bonds is 4. The van der Waals surface area contributed by atoms with E-state index in [2.05, 4.69) is 0 Å². The highest BCUT2D eigenvalue weighted by Gasteiger charge is 2.33. The minimum atomic E-state index is -0.707. The van der Waals surface area contributed by atoms with Crippen LogP contribution in [0.5, 0.6) is 0 Å². The molecule has 6 heteroatoms. The fourth-order valence-electron chi connectivity index (χ4n) is 1.92. The molecule has 1 aromatic rings. The number of β-amino-alcohol motifs (C(OH)–C–C–N with tert-alkyl or cyclic N) is 1. The Labute approximate surface area is 120 Å². The summed E-state index contributed by atoms with van der Waals surface area (Å²) in [5, 5.41) is 9.81. The molecule has 0 bridgehead atoms. The molecule has 1 N–H and O–H groups in total.